The Bertz CT molecular complexity index is 433. The van der Waals surface area contributed by atoms with Crippen LogP contribution in [0, 0.1) is 0 Å². The fourth-order valence-corrected chi connectivity index (χ4v) is 1.58. The summed E-state index contributed by atoms with van der Waals surface area (Å²) >= 11 is 5.80. The molecule has 0 saturated heterocycles. The van der Waals surface area contributed by atoms with Crippen LogP contribution in [0.5, 0.6) is 0 Å². The van der Waals surface area contributed by atoms with Gasteiger partial charge in [-0.15, -0.1) is 0 Å². The highest BCUT2D eigenvalue weighted by Gasteiger charge is 2.12. The Hall–Kier alpha value is -1.55. The van der Waals surface area contributed by atoms with Crippen LogP contribution in [0.3, 0.4) is 0 Å². The van der Waals surface area contributed by atoms with Crippen molar-refractivity contribution in [3.8, 4) is 0 Å². The second kappa shape index (κ2) is 5.68. The van der Waals surface area contributed by atoms with Gasteiger partial charge in [0.05, 0.1) is 6.54 Å². The number of benzene rings is 1. The molecule has 92 valence electrons. The van der Waals surface area contributed by atoms with Gasteiger partial charge in [0.2, 0.25) is 5.91 Å². The number of hydrogen-bond donors (Lipinski definition) is 0. The number of halogens is 1. The van der Waals surface area contributed by atoms with E-state index in [2.05, 4.69) is 0 Å². The zero-order valence-electron chi connectivity index (χ0n) is 10.1. The van der Waals surface area contributed by atoms with E-state index >= 15 is 0 Å². The van der Waals surface area contributed by atoms with Crippen molar-refractivity contribution in [2.75, 3.05) is 32.6 Å². The van der Waals surface area contributed by atoms with Gasteiger partial charge in [-0.05, 0) is 18.2 Å². The van der Waals surface area contributed by atoms with Crippen molar-refractivity contribution in [2.24, 2.45) is 0 Å². The van der Waals surface area contributed by atoms with Gasteiger partial charge in [-0.25, -0.2) is 0 Å². The summed E-state index contributed by atoms with van der Waals surface area (Å²) in [6.45, 7) is 0.218. The molecule has 0 unspecified atom stereocenters. The Morgan fingerprint density at radius 1 is 1.35 bits per heavy atom. The molecule has 0 radical (unpaired) electrons. The van der Waals surface area contributed by atoms with Crippen LogP contribution in [-0.2, 0) is 4.79 Å². The lowest BCUT2D eigenvalue weighted by molar-refractivity contribution is -0.127. The molecule has 1 aromatic carbocycles. The van der Waals surface area contributed by atoms with Gasteiger partial charge in [-0.1, -0.05) is 11.6 Å². The zero-order valence-corrected chi connectivity index (χ0v) is 10.9. The minimum absolute atomic E-state index is 0.0284. The van der Waals surface area contributed by atoms with E-state index in [9.17, 15) is 9.59 Å². The highest BCUT2D eigenvalue weighted by Crippen LogP contribution is 2.21. The molecule has 0 atom stereocenters. The predicted octanol–water partition coefficient (Wildman–Crippen LogP) is 1.68. The summed E-state index contributed by atoms with van der Waals surface area (Å²) < 4.78 is 0. The number of rotatable bonds is 4. The fraction of sp³-hybridized carbons (Fsp3) is 0.333. The molecular weight excluding hydrogens is 240 g/mol. The highest BCUT2D eigenvalue weighted by atomic mass is 35.5. The number of likely N-dealkylation sites (N-methyl/N-ethyl adjacent to an activating group) is 2. The third-order valence-electron chi connectivity index (χ3n) is 2.40. The lowest BCUT2D eigenvalue weighted by Crippen LogP contribution is -2.34. The average molecular weight is 255 g/mol. The minimum atomic E-state index is -0.0284. The molecule has 17 heavy (non-hydrogen) atoms. The van der Waals surface area contributed by atoms with Crippen LogP contribution in [0.15, 0.2) is 18.2 Å². The molecule has 0 fully saturated rings. The third kappa shape index (κ3) is 3.46. The van der Waals surface area contributed by atoms with Crippen LogP contribution in [0.25, 0.3) is 0 Å². The maximum atomic E-state index is 11.6. The molecular formula is C12H15ClN2O2. The van der Waals surface area contributed by atoms with Gasteiger partial charge in [0, 0.05) is 37.4 Å². The zero-order chi connectivity index (χ0) is 13.0. The Labute approximate surface area is 106 Å². The number of carbonyl (C=O) groups excluding carboxylic acids is 2. The number of nitrogens with zero attached hydrogens (tertiary/aromatic N) is 2. The topological polar surface area (TPSA) is 40.6 Å². The van der Waals surface area contributed by atoms with Gasteiger partial charge < -0.3 is 9.80 Å². The standard InChI is InChI=1S/C12H15ClN2O2/c1-14(2)12(17)7-15(3)11-5-4-10(13)6-9(11)8-16/h4-6,8H,7H2,1-3H3. The van der Waals surface area contributed by atoms with Gasteiger partial charge in [0.25, 0.3) is 0 Å². The van der Waals surface area contributed by atoms with Crippen molar-refractivity contribution in [3.05, 3.63) is 28.8 Å². The SMILES string of the molecule is CN(C)C(=O)CN(C)c1ccc(Cl)cc1C=O. The highest BCUT2D eigenvalue weighted by molar-refractivity contribution is 6.31. The summed E-state index contributed by atoms with van der Waals surface area (Å²) in [5.74, 6) is -0.0284. The molecule has 1 aromatic rings. The first kappa shape index (κ1) is 13.5. The predicted molar refractivity (Wildman–Crippen MR) is 68.8 cm³/mol. The Kier molecular flexibility index (Phi) is 4.52. The largest absolute Gasteiger partial charge is 0.365 e. The maximum absolute atomic E-state index is 11.6. The lowest BCUT2D eigenvalue weighted by atomic mass is 10.2. The summed E-state index contributed by atoms with van der Waals surface area (Å²) in [5, 5.41) is 0.503. The lowest BCUT2D eigenvalue weighted by Gasteiger charge is -2.22. The van der Waals surface area contributed by atoms with E-state index < -0.39 is 0 Å². The van der Waals surface area contributed by atoms with Crippen LogP contribution < -0.4 is 4.90 Å². The van der Waals surface area contributed by atoms with Crippen LogP contribution in [0.1, 0.15) is 10.4 Å². The van der Waals surface area contributed by atoms with E-state index in [0.29, 0.717) is 16.3 Å². The summed E-state index contributed by atoms with van der Waals surface area (Å²) in [5.41, 5.74) is 1.17. The van der Waals surface area contributed by atoms with E-state index in [4.69, 9.17) is 11.6 Å². The average Bonchev–Trinajstić information content (AvgIpc) is 2.28. The van der Waals surface area contributed by atoms with Crippen molar-refractivity contribution < 1.29 is 9.59 Å². The molecule has 0 aliphatic carbocycles. The molecule has 0 aliphatic heterocycles. The van der Waals surface area contributed by atoms with Gasteiger partial charge in [0.1, 0.15) is 0 Å². The summed E-state index contributed by atoms with van der Waals surface area (Å²) in [7, 11) is 5.15. The number of carbonyl (C=O) groups is 2. The second-order valence-electron chi connectivity index (χ2n) is 3.97. The van der Waals surface area contributed by atoms with Crippen molar-refractivity contribution in [2.45, 2.75) is 0 Å². The third-order valence-corrected chi connectivity index (χ3v) is 2.63. The van der Waals surface area contributed by atoms with Crippen LogP contribution in [0.2, 0.25) is 5.02 Å². The summed E-state index contributed by atoms with van der Waals surface area (Å²) in [4.78, 5) is 25.7. The van der Waals surface area contributed by atoms with E-state index in [1.165, 1.54) is 4.90 Å². The van der Waals surface area contributed by atoms with Crippen molar-refractivity contribution in [1.82, 2.24) is 4.90 Å². The normalized spacial score (nSPS) is 9.88. The Morgan fingerprint density at radius 3 is 2.53 bits per heavy atom. The van der Waals surface area contributed by atoms with Gasteiger partial charge in [0.15, 0.2) is 6.29 Å². The molecule has 0 saturated carbocycles. The van der Waals surface area contributed by atoms with Crippen molar-refractivity contribution in [3.63, 3.8) is 0 Å². The number of aldehydes is 1. The molecule has 1 amide bonds. The summed E-state index contributed by atoms with van der Waals surface area (Å²) in [6, 6.07) is 5.01. The quantitative estimate of drug-likeness (QED) is 0.768. The van der Waals surface area contributed by atoms with E-state index in [1.54, 1.807) is 44.2 Å². The van der Waals surface area contributed by atoms with Gasteiger partial charge in [-0.2, -0.15) is 0 Å². The van der Waals surface area contributed by atoms with Crippen LogP contribution in [-0.4, -0.2) is 44.8 Å². The van der Waals surface area contributed by atoms with Crippen molar-refractivity contribution >= 4 is 29.5 Å². The Morgan fingerprint density at radius 2 is 2.00 bits per heavy atom. The number of hydrogen-bond acceptors (Lipinski definition) is 3. The Balaban J connectivity index is 2.92. The fourth-order valence-electron chi connectivity index (χ4n) is 1.40. The van der Waals surface area contributed by atoms with Crippen LogP contribution >= 0.6 is 11.6 Å². The number of anilines is 1. The van der Waals surface area contributed by atoms with E-state index in [-0.39, 0.29) is 12.5 Å². The number of amides is 1. The second-order valence-corrected chi connectivity index (χ2v) is 4.40. The first-order valence-electron chi connectivity index (χ1n) is 5.11. The molecule has 0 heterocycles. The minimum Gasteiger partial charge on any atom is -0.365 e. The van der Waals surface area contributed by atoms with Crippen LogP contribution in [0.4, 0.5) is 5.69 Å². The first-order valence-corrected chi connectivity index (χ1v) is 5.49. The van der Waals surface area contributed by atoms with E-state index in [0.717, 1.165) is 6.29 Å². The molecule has 0 spiro atoms. The van der Waals surface area contributed by atoms with Gasteiger partial charge in [-0.3, -0.25) is 9.59 Å². The molecule has 0 aliphatic rings. The molecule has 5 heteroatoms. The van der Waals surface area contributed by atoms with Crippen molar-refractivity contribution in [1.29, 1.82) is 0 Å². The summed E-state index contributed by atoms with van der Waals surface area (Å²) in [6.07, 6.45) is 0.734. The molecule has 1 rings (SSSR count). The molecule has 0 N–H and O–H groups in total. The smallest absolute Gasteiger partial charge is 0.241 e. The first-order chi connectivity index (χ1) is 7.95. The maximum Gasteiger partial charge on any atom is 0.241 e. The van der Waals surface area contributed by atoms with Gasteiger partial charge >= 0.3 is 0 Å². The molecule has 4 nitrogen and oxygen atoms in total. The van der Waals surface area contributed by atoms with E-state index in [1.807, 2.05) is 0 Å². The molecule has 0 aromatic heterocycles. The molecule has 0 bridgehead atoms. The monoisotopic (exact) mass is 254 g/mol.